The molecule has 0 radical (unpaired) electrons. The van der Waals surface area contributed by atoms with Gasteiger partial charge in [0.15, 0.2) is 5.75 Å². The predicted molar refractivity (Wildman–Crippen MR) is 92.3 cm³/mol. The topological polar surface area (TPSA) is 83.8 Å². The second-order valence-electron chi connectivity index (χ2n) is 5.59. The fraction of sp³-hybridized carbons (Fsp3) is 0.333. The number of rotatable bonds is 8. The van der Waals surface area contributed by atoms with Gasteiger partial charge in [0, 0.05) is 5.56 Å². The lowest BCUT2D eigenvalue weighted by molar-refractivity contribution is 0.425. The van der Waals surface area contributed by atoms with Crippen molar-refractivity contribution in [2.45, 2.75) is 43.9 Å². The summed E-state index contributed by atoms with van der Waals surface area (Å²) < 4.78 is 38.5. The van der Waals surface area contributed by atoms with Crippen LogP contribution in [-0.2, 0) is 16.5 Å². The average molecular weight is 350 g/mol. The average Bonchev–Trinajstić information content (AvgIpc) is 2.53. The molecule has 2 rings (SSSR count). The van der Waals surface area contributed by atoms with Crippen LogP contribution in [0.5, 0.6) is 17.2 Å². The molecule has 0 aromatic heterocycles. The van der Waals surface area contributed by atoms with Crippen LogP contribution < -0.4 is 4.74 Å². The molecule has 0 fully saturated rings. The van der Waals surface area contributed by atoms with Gasteiger partial charge in [0.2, 0.25) is 0 Å². The standard InChI is InChI=1S/C18H22O5S/c1-2-3-4-8-11-15-16(19)12-13-17(24(20,21)22)18(15)23-14-9-6-5-7-10-14/h5-7,9-10,12-13,19H,2-4,8,11H2,1H3,(H,20,21,22). The predicted octanol–water partition coefficient (Wildman–Crippen LogP) is 4.55. The highest BCUT2D eigenvalue weighted by Gasteiger charge is 2.23. The lowest BCUT2D eigenvalue weighted by atomic mass is 10.0. The second kappa shape index (κ2) is 8.17. The molecule has 0 aliphatic carbocycles. The van der Waals surface area contributed by atoms with E-state index < -0.39 is 10.1 Å². The molecule has 0 aliphatic rings. The fourth-order valence-corrected chi connectivity index (χ4v) is 3.13. The van der Waals surface area contributed by atoms with Crippen LogP contribution >= 0.6 is 0 Å². The Balaban J connectivity index is 2.43. The maximum atomic E-state index is 11.7. The summed E-state index contributed by atoms with van der Waals surface area (Å²) >= 11 is 0. The molecule has 2 aromatic rings. The zero-order chi connectivity index (χ0) is 17.6. The van der Waals surface area contributed by atoms with Crippen LogP contribution in [0.15, 0.2) is 47.4 Å². The maximum absolute atomic E-state index is 11.7. The van der Waals surface area contributed by atoms with Crippen LogP contribution in [0.1, 0.15) is 38.2 Å². The SMILES string of the molecule is CCCCCCc1c(O)ccc(S(=O)(=O)O)c1Oc1ccccc1. The van der Waals surface area contributed by atoms with Gasteiger partial charge in [-0.25, -0.2) is 0 Å². The summed E-state index contributed by atoms with van der Waals surface area (Å²) in [5.74, 6) is 0.382. The third kappa shape index (κ3) is 4.72. The van der Waals surface area contributed by atoms with Gasteiger partial charge in [-0.2, -0.15) is 8.42 Å². The van der Waals surface area contributed by atoms with Crippen molar-refractivity contribution in [2.75, 3.05) is 0 Å². The van der Waals surface area contributed by atoms with Gasteiger partial charge in [0.05, 0.1) is 0 Å². The molecule has 2 aromatic carbocycles. The summed E-state index contributed by atoms with van der Waals surface area (Å²) in [6, 6.07) is 11.1. The Hall–Kier alpha value is -2.05. The summed E-state index contributed by atoms with van der Waals surface area (Å²) in [6.45, 7) is 2.10. The molecule has 24 heavy (non-hydrogen) atoms. The molecule has 0 amide bonds. The Morgan fingerprint density at radius 3 is 2.33 bits per heavy atom. The van der Waals surface area contributed by atoms with Crippen molar-refractivity contribution in [1.29, 1.82) is 0 Å². The van der Waals surface area contributed by atoms with Gasteiger partial charge in [-0.1, -0.05) is 44.4 Å². The van der Waals surface area contributed by atoms with Crippen molar-refractivity contribution in [1.82, 2.24) is 0 Å². The van der Waals surface area contributed by atoms with Crippen molar-refractivity contribution in [3.63, 3.8) is 0 Å². The lowest BCUT2D eigenvalue weighted by Crippen LogP contribution is -2.04. The molecule has 0 heterocycles. The smallest absolute Gasteiger partial charge is 0.298 e. The molecule has 0 bridgehead atoms. The van der Waals surface area contributed by atoms with Gasteiger partial charge in [0.25, 0.3) is 10.1 Å². The minimum Gasteiger partial charge on any atom is -0.508 e. The van der Waals surface area contributed by atoms with Crippen LogP contribution in [-0.4, -0.2) is 18.1 Å². The van der Waals surface area contributed by atoms with E-state index in [9.17, 15) is 18.1 Å². The molecule has 5 nitrogen and oxygen atoms in total. The number of phenolic OH excluding ortho intramolecular Hbond substituents is 1. The quantitative estimate of drug-likeness (QED) is 0.539. The van der Waals surface area contributed by atoms with E-state index in [1.807, 2.05) is 6.07 Å². The molecule has 0 saturated carbocycles. The molecule has 0 unspecified atom stereocenters. The van der Waals surface area contributed by atoms with E-state index in [0.717, 1.165) is 31.7 Å². The minimum atomic E-state index is -4.46. The van der Waals surface area contributed by atoms with Gasteiger partial charge in [-0.15, -0.1) is 0 Å². The van der Waals surface area contributed by atoms with Crippen LogP contribution in [0.2, 0.25) is 0 Å². The molecule has 2 N–H and O–H groups in total. The monoisotopic (exact) mass is 350 g/mol. The summed E-state index contributed by atoms with van der Waals surface area (Å²) in [6.07, 6.45) is 4.37. The Labute approximate surface area is 142 Å². The van der Waals surface area contributed by atoms with Crippen LogP contribution in [0, 0.1) is 0 Å². The van der Waals surface area contributed by atoms with E-state index in [0.29, 0.717) is 17.7 Å². The maximum Gasteiger partial charge on any atom is 0.298 e. The van der Waals surface area contributed by atoms with E-state index in [2.05, 4.69) is 6.92 Å². The first-order valence-electron chi connectivity index (χ1n) is 7.98. The summed E-state index contributed by atoms with van der Waals surface area (Å²) in [5.41, 5.74) is 0.394. The van der Waals surface area contributed by atoms with Crippen molar-refractivity contribution in [3.8, 4) is 17.2 Å². The van der Waals surface area contributed by atoms with E-state index in [1.165, 1.54) is 6.07 Å². The minimum absolute atomic E-state index is 0.0137. The van der Waals surface area contributed by atoms with Crippen molar-refractivity contribution < 1.29 is 22.8 Å². The zero-order valence-corrected chi connectivity index (χ0v) is 14.4. The number of unbranched alkanes of at least 4 members (excludes halogenated alkanes) is 3. The van der Waals surface area contributed by atoms with Crippen molar-refractivity contribution in [2.24, 2.45) is 0 Å². The van der Waals surface area contributed by atoms with Crippen molar-refractivity contribution in [3.05, 3.63) is 48.0 Å². The van der Waals surface area contributed by atoms with Gasteiger partial charge in [0.1, 0.15) is 16.4 Å². The number of aromatic hydroxyl groups is 1. The van der Waals surface area contributed by atoms with Crippen LogP contribution in [0.3, 0.4) is 0 Å². The third-order valence-electron chi connectivity index (χ3n) is 3.72. The van der Waals surface area contributed by atoms with Gasteiger partial charge in [-0.05, 0) is 37.1 Å². The Morgan fingerprint density at radius 1 is 1.00 bits per heavy atom. The van der Waals surface area contributed by atoms with Crippen molar-refractivity contribution >= 4 is 10.1 Å². The molecule has 0 atom stereocenters. The van der Waals surface area contributed by atoms with Crippen LogP contribution in [0.4, 0.5) is 0 Å². The summed E-state index contributed by atoms with van der Waals surface area (Å²) in [4.78, 5) is -0.338. The first-order valence-corrected chi connectivity index (χ1v) is 9.42. The first kappa shape index (κ1) is 18.3. The van der Waals surface area contributed by atoms with E-state index in [4.69, 9.17) is 4.74 Å². The number of hydrogen-bond donors (Lipinski definition) is 2. The molecular weight excluding hydrogens is 328 g/mol. The zero-order valence-electron chi connectivity index (χ0n) is 13.6. The molecule has 0 spiro atoms. The number of ether oxygens (including phenoxy) is 1. The number of para-hydroxylation sites is 1. The van der Waals surface area contributed by atoms with Crippen LogP contribution in [0.25, 0.3) is 0 Å². The van der Waals surface area contributed by atoms with E-state index >= 15 is 0 Å². The van der Waals surface area contributed by atoms with Gasteiger partial charge < -0.3 is 9.84 Å². The first-order chi connectivity index (χ1) is 11.4. The normalized spacial score (nSPS) is 11.4. The second-order valence-corrected chi connectivity index (χ2v) is 6.98. The van der Waals surface area contributed by atoms with Gasteiger partial charge in [-0.3, -0.25) is 4.55 Å². The lowest BCUT2D eigenvalue weighted by Gasteiger charge is -2.16. The number of benzene rings is 2. The Bertz CT molecular complexity index is 769. The van der Waals surface area contributed by atoms with E-state index in [1.54, 1.807) is 24.3 Å². The number of phenols is 1. The third-order valence-corrected chi connectivity index (χ3v) is 4.60. The summed E-state index contributed by atoms with van der Waals surface area (Å²) in [7, 11) is -4.46. The Kier molecular flexibility index (Phi) is 6.23. The largest absolute Gasteiger partial charge is 0.508 e. The molecule has 6 heteroatoms. The Morgan fingerprint density at radius 2 is 1.71 bits per heavy atom. The molecule has 130 valence electrons. The summed E-state index contributed by atoms with van der Waals surface area (Å²) in [5, 5.41) is 10.2. The highest BCUT2D eigenvalue weighted by Crippen LogP contribution is 2.38. The molecule has 0 aliphatic heterocycles. The molecule has 0 saturated heterocycles. The van der Waals surface area contributed by atoms with Gasteiger partial charge >= 0.3 is 0 Å². The van der Waals surface area contributed by atoms with E-state index in [-0.39, 0.29) is 16.4 Å². The fourth-order valence-electron chi connectivity index (χ4n) is 2.49. The highest BCUT2D eigenvalue weighted by atomic mass is 32.2. The number of hydrogen-bond acceptors (Lipinski definition) is 4. The molecular formula is C18H22O5S. The highest BCUT2D eigenvalue weighted by molar-refractivity contribution is 7.86.